The second-order valence-electron chi connectivity index (χ2n) is 7.74. The Kier molecular flexibility index (Phi) is 7.43. The topological polar surface area (TPSA) is 79.3 Å². The van der Waals surface area contributed by atoms with Crippen molar-refractivity contribution in [2.75, 3.05) is 41.4 Å². The summed E-state index contributed by atoms with van der Waals surface area (Å²) in [6.45, 7) is 1.10. The molecule has 1 aliphatic heterocycles. The fourth-order valence-electron chi connectivity index (χ4n) is 3.85. The van der Waals surface area contributed by atoms with E-state index >= 15 is 0 Å². The van der Waals surface area contributed by atoms with Crippen molar-refractivity contribution >= 4 is 29.1 Å². The minimum absolute atomic E-state index is 0.00517. The van der Waals surface area contributed by atoms with Crippen molar-refractivity contribution in [2.45, 2.75) is 12.5 Å². The lowest BCUT2D eigenvalue weighted by molar-refractivity contribution is -0.140. The number of Topliss-reactive ketones (excluding diaryl/α,β-unsaturated/α-hetero) is 1. The quantitative estimate of drug-likeness (QED) is 0.369. The van der Waals surface area contributed by atoms with E-state index < -0.39 is 17.7 Å². The fraction of sp³-hybridized carbons (Fsp3) is 0.333. The van der Waals surface area contributed by atoms with E-state index in [0.717, 1.165) is 6.54 Å². The summed E-state index contributed by atoms with van der Waals surface area (Å²) in [5.74, 6) is -0.723. The normalized spacial score (nSPS) is 17.8. The van der Waals surface area contributed by atoms with E-state index in [1.165, 1.54) is 25.2 Å². The number of aliphatic hydroxyl groups excluding tert-OH is 1. The van der Waals surface area contributed by atoms with E-state index in [1.54, 1.807) is 24.3 Å². The number of halogens is 1. The van der Waals surface area contributed by atoms with E-state index in [4.69, 9.17) is 21.1 Å². The number of nitrogens with zero attached hydrogens (tertiary/aromatic N) is 2. The molecule has 1 aliphatic rings. The highest BCUT2D eigenvalue weighted by Crippen LogP contribution is 2.43. The number of ether oxygens (including phenoxy) is 2. The summed E-state index contributed by atoms with van der Waals surface area (Å²) in [4.78, 5) is 29.6. The van der Waals surface area contributed by atoms with Crippen molar-refractivity contribution in [3.8, 4) is 11.5 Å². The molecule has 32 heavy (non-hydrogen) atoms. The summed E-state index contributed by atoms with van der Waals surface area (Å²) in [5.41, 5.74) is 0.952. The molecule has 0 aromatic heterocycles. The summed E-state index contributed by atoms with van der Waals surface area (Å²) in [6, 6.07) is 11.1. The van der Waals surface area contributed by atoms with Gasteiger partial charge in [0, 0.05) is 17.7 Å². The second kappa shape index (κ2) is 10.1. The molecule has 2 aromatic rings. The van der Waals surface area contributed by atoms with E-state index in [-0.39, 0.29) is 16.4 Å². The smallest absolute Gasteiger partial charge is 0.295 e. The van der Waals surface area contributed by atoms with Crippen LogP contribution in [0.3, 0.4) is 0 Å². The highest BCUT2D eigenvalue weighted by atomic mass is 35.5. The molecule has 1 N–H and O–H groups in total. The molecule has 170 valence electrons. The van der Waals surface area contributed by atoms with Gasteiger partial charge in [-0.15, -0.1) is 0 Å². The van der Waals surface area contributed by atoms with Crippen LogP contribution in [0.4, 0.5) is 0 Å². The maximum absolute atomic E-state index is 13.1. The third-order valence-electron chi connectivity index (χ3n) is 5.40. The molecule has 1 saturated heterocycles. The third-order valence-corrected chi connectivity index (χ3v) is 5.70. The minimum atomic E-state index is -0.783. The van der Waals surface area contributed by atoms with Crippen LogP contribution in [0, 0.1) is 0 Å². The van der Waals surface area contributed by atoms with Gasteiger partial charge in [-0.3, -0.25) is 9.59 Å². The fourth-order valence-corrected chi connectivity index (χ4v) is 4.11. The summed E-state index contributed by atoms with van der Waals surface area (Å²) < 4.78 is 10.7. The molecule has 0 radical (unpaired) electrons. The van der Waals surface area contributed by atoms with Gasteiger partial charge >= 0.3 is 0 Å². The molecular weight excluding hydrogens is 432 g/mol. The van der Waals surface area contributed by atoms with Crippen LogP contribution in [0.25, 0.3) is 5.76 Å². The standard InChI is InChI=1S/C24H27ClN2O5/c1-26(2)12-7-13-27-21(16-8-5-6-9-18(16)31-3)20(23(29)24(27)30)22(28)15-10-11-19(32-4)17(25)14-15/h5-6,8-11,14,21,28H,7,12-13H2,1-4H3/b22-20+/t21-/m0/s1. The Balaban J connectivity index is 2.15. The molecule has 8 heteroatoms. The molecule has 1 amide bonds. The summed E-state index contributed by atoms with van der Waals surface area (Å²) >= 11 is 6.23. The number of benzene rings is 2. The number of carbonyl (C=O) groups excluding carboxylic acids is 2. The van der Waals surface area contributed by atoms with Crippen molar-refractivity contribution < 1.29 is 24.2 Å². The Morgan fingerprint density at radius 1 is 1.09 bits per heavy atom. The molecule has 0 spiro atoms. The first-order valence-corrected chi connectivity index (χ1v) is 10.6. The van der Waals surface area contributed by atoms with Gasteiger partial charge in [0.25, 0.3) is 11.7 Å². The van der Waals surface area contributed by atoms with Crippen LogP contribution in [-0.4, -0.2) is 68.0 Å². The number of aliphatic hydroxyl groups is 1. The number of ketones is 1. The number of carbonyl (C=O) groups is 2. The summed E-state index contributed by atoms with van der Waals surface area (Å²) in [6.07, 6.45) is 0.667. The van der Waals surface area contributed by atoms with Crippen molar-refractivity contribution in [1.29, 1.82) is 0 Å². The molecule has 1 fully saturated rings. The van der Waals surface area contributed by atoms with Gasteiger partial charge in [0.1, 0.15) is 17.3 Å². The first-order chi connectivity index (χ1) is 15.3. The SMILES string of the molecule is COc1ccc(/C(O)=C2\C(=O)C(=O)N(CCCN(C)C)[C@H]2c2ccccc2OC)cc1Cl. The largest absolute Gasteiger partial charge is 0.507 e. The number of para-hydroxylation sites is 1. The Bertz CT molecular complexity index is 1050. The van der Waals surface area contributed by atoms with Crippen LogP contribution >= 0.6 is 11.6 Å². The first-order valence-electron chi connectivity index (χ1n) is 10.2. The van der Waals surface area contributed by atoms with Gasteiger partial charge in [0.15, 0.2) is 0 Å². The number of amides is 1. The molecular formula is C24H27ClN2O5. The Hall–Kier alpha value is -3.03. The van der Waals surface area contributed by atoms with Crippen LogP contribution in [0.1, 0.15) is 23.6 Å². The average Bonchev–Trinajstić information content (AvgIpc) is 3.03. The molecule has 1 atom stereocenters. The number of hydrogen-bond acceptors (Lipinski definition) is 6. The van der Waals surface area contributed by atoms with E-state index in [0.29, 0.717) is 35.6 Å². The zero-order chi connectivity index (χ0) is 23.4. The van der Waals surface area contributed by atoms with Gasteiger partial charge in [0.05, 0.1) is 30.9 Å². The van der Waals surface area contributed by atoms with Gasteiger partial charge in [-0.25, -0.2) is 0 Å². The van der Waals surface area contributed by atoms with Gasteiger partial charge in [-0.05, 0) is 51.3 Å². The summed E-state index contributed by atoms with van der Waals surface area (Å²) in [7, 11) is 6.90. The van der Waals surface area contributed by atoms with E-state index in [9.17, 15) is 14.7 Å². The Morgan fingerprint density at radius 2 is 1.78 bits per heavy atom. The average molecular weight is 459 g/mol. The number of hydrogen-bond donors (Lipinski definition) is 1. The molecule has 7 nitrogen and oxygen atoms in total. The van der Waals surface area contributed by atoms with Gasteiger partial charge in [-0.2, -0.15) is 0 Å². The molecule has 2 aromatic carbocycles. The van der Waals surface area contributed by atoms with E-state index in [2.05, 4.69) is 0 Å². The van der Waals surface area contributed by atoms with Crippen LogP contribution in [0.2, 0.25) is 5.02 Å². The Morgan fingerprint density at radius 3 is 2.41 bits per heavy atom. The predicted molar refractivity (Wildman–Crippen MR) is 123 cm³/mol. The molecule has 0 aliphatic carbocycles. The third kappa shape index (κ3) is 4.59. The Labute approximate surface area is 192 Å². The zero-order valence-corrected chi connectivity index (χ0v) is 19.3. The maximum Gasteiger partial charge on any atom is 0.295 e. The van der Waals surface area contributed by atoms with Gasteiger partial charge in [-0.1, -0.05) is 29.8 Å². The van der Waals surface area contributed by atoms with Crippen molar-refractivity contribution in [2.24, 2.45) is 0 Å². The van der Waals surface area contributed by atoms with Crippen LogP contribution in [0.15, 0.2) is 48.0 Å². The molecule has 0 saturated carbocycles. The summed E-state index contributed by atoms with van der Waals surface area (Å²) in [5, 5.41) is 11.4. The molecule has 0 bridgehead atoms. The van der Waals surface area contributed by atoms with Crippen molar-refractivity contribution in [3.05, 3.63) is 64.2 Å². The highest BCUT2D eigenvalue weighted by molar-refractivity contribution is 6.46. The number of methoxy groups -OCH3 is 2. The lowest BCUT2D eigenvalue weighted by Crippen LogP contribution is -2.32. The predicted octanol–water partition coefficient (Wildman–Crippen LogP) is 3.73. The highest BCUT2D eigenvalue weighted by Gasteiger charge is 2.46. The van der Waals surface area contributed by atoms with Crippen LogP contribution < -0.4 is 9.47 Å². The molecule has 0 unspecified atom stereocenters. The van der Waals surface area contributed by atoms with E-state index in [1.807, 2.05) is 31.1 Å². The zero-order valence-electron chi connectivity index (χ0n) is 18.6. The van der Waals surface area contributed by atoms with Crippen molar-refractivity contribution in [3.63, 3.8) is 0 Å². The van der Waals surface area contributed by atoms with Crippen LogP contribution in [0.5, 0.6) is 11.5 Å². The lowest BCUT2D eigenvalue weighted by atomic mass is 9.94. The van der Waals surface area contributed by atoms with Gasteiger partial charge < -0.3 is 24.4 Å². The van der Waals surface area contributed by atoms with Gasteiger partial charge in [0.2, 0.25) is 0 Å². The number of likely N-dealkylation sites (tertiary alicyclic amines) is 1. The molecule has 3 rings (SSSR count). The minimum Gasteiger partial charge on any atom is -0.507 e. The number of rotatable bonds is 8. The molecule has 1 heterocycles. The lowest BCUT2D eigenvalue weighted by Gasteiger charge is -2.27. The monoisotopic (exact) mass is 458 g/mol. The van der Waals surface area contributed by atoms with Crippen LogP contribution in [-0.2, 0) is 9.59 Å². The van der Waals surface area contributed by atoms with Crippen molar-refractivity contribution in [1.82, 2.24) is 9.80 Å². The second-order valence-corrected chi connectivity index (χ2v) is 8.15. The maximum atomic E-state index is 13.1. The first kappa shape index (κ1) is 23.6.